The first-order valence-electron chi connectivity index (χ1n) is 8.15. The van der Waals surface area contributed by atoms with E-state index in [1.807, 2.05) is 11.5 Å². The molecular weight excluding hydrogens is 334 g/mol. The first-order valence-corrected chi connectivity index (χ1v) is 8.15. The van der Waals surface area contributed by atoms with Gasteiger partial charge in [0.05, 0.1) is 16.5 Å². The number of nitrogens with two attached hydrogens (primary N) is 3. The van der Waals surface area contributed by atoms with Crippen molar-refractivity contribution in [1.82, 2.24) is 19.5 Å². The number of aromatic nitrogens is 3. The van der Waals surface area contributed by atoms with E-state index in [1.165, 1.54) is 6.33 Å². The van der Waals surface area contributed by atoms with Crippen LogP contribution >= 0.6 is 0 Å². The van der Waals surface area contributed by atoms with Crippen LogP contribution in [0.15, 0.2) is 6.33 Å². The lowest BCUT2D eigenvalue weighted by Gasteiger charge is -2.20. The van der Waals surface area contributed by atoms with Crippen molar-refractivity contribution in [3.63, 3.8) is 0 Å². The molecule has 0 saturated heterocycles. The zero-order valence-electron chi connectivity index (χ0n) is 15.2. The Hall–Kier alpha value is -2.67. The molecule has 1 fully saturated rings. The van der Waals surface area contributed by atoms with Crippen LogP contribution < -0.4 is 17.3 Å². The standard InChI is InChI=1S/C17H23N7O2/c1-16(2,26)6-5-9-11(14(19)25)12-13(18)21-8-22-15(12)24(9)17(3)7-10(17)23(4)20/h8,10,26H,7,20H2,1-4H3,(H2,19,25)(H2,18,21,22). The number of amides is 1. The molecule has 138 valence electrons. The third-order valence-electron chi connectivity index (χ3n) is 4.68. The Morgan fingerprint density at radius 1 is 1.50 bits per heavy atom. The molecule has 2 atom stereocenters. The summed E-state index contributed by atoms with van der Waals surface area (Å²) in [6, 6.07) is 0.0257. The van der Waals surface area contributed by atoms with Crippen molar-refractivity contribution >= 4 is 22.8 Å². The summed E-state index contributed by atoms with van der Waals surface area (Å²) in [4.78, 5) is 20.5. The van der Waals surface area contributed by atoms with E-state index in [0.717, 1.165) is 6.42 Å². The molecule has 1 amide bonds. The Labute approximate surface area is 151 Å². The lowest BCUT2D eigenvalue weighted by atomic mass is 10.1. The van der Waals surface area contributed by atoms with Crippen molar-refractivity contribution in [3.8, 4) is 11.8 Å². The second-order valence-corrected chi connectivity index (χ2v) is 7.43. The van der Waals surface area contributed by atoms with Gasteiger partial charge in [-0.05, 0) is 33.1 Å². The van der Waals surface area contributed by atoms with E-state index in [9.17, 15) is 9.90 Å². The second kappa shape index (κ2) is 5.67. The van der Waals surface area contributed by atoms with Gasteiger partial charge in [-0.3, -0.25) is 10.6 Å². The van der Waals surface area contributed by atoms with E-state index in [1.54, 1.807) is 25.9 Å². The minimum absolute atomic E-state index is 0.0257. The zero-order valence-corrected chi connectivity index (χ0v) is 15.2. The van der Waals surface area contributed by atoms with Crippen LogP contribution in [0.4, 0.5) is 5.82 Å². The van der Waals surface area contributed by atoms with Gasteiger partial charge in [-0.1, -0.05) is 5.92 Å². The van der Waals surface area contributed by atoms with E-state index in [2.05, 4.69) is 21.8 Å². The normalized spacial score (nSPS) is 22.3. The lowest BCUT2D eigenvalue weighted by Crippen LogP contribution is -2.35. The van der Waals surface area contributed by atoms with E-state index < -0.39 is 17.0 Å². The summed E-state index contributed by atoms with van der Waals surface area (Å²) in [5.41, 5.74) is 10.9. The van der Waals surface area contributed by atoms with Crippen molar-refractivity contribution in [2.75, 3.05) is 12.8 Å². The van der Waals surface area contributed by atoms with Crippen molar-refractivity contribution in [2.24, 2.45) is 11.6 Å². The number of aliphatic hydroxyl groups is 1. The van der Waals surface area contributed by atoms with Gasteiger partial charge in [-0.2, -0.15) is 0 Å². The Kier molecular flexibility index (Phi) is 3.95. The molecular formula is C17H23N7O2. The number of hydrogen-bond acceptors (Lipinski definition) is 7. The predicted molar refractivity (Wildman–Crippen MR) is 97.6 cm³/mol. The smallest absolute Gasteiger partial charge is 0.252 e. The van der Waals surface area contributed by atoms with Crippen LogP contribution in [0.1, 0.15) is 43.2 Å². The maximum atomic E-state index is 12.2. The van der Waals surface area contributed by atoms with Crippen LogP contribution in [0.3, 0.4) is 0 Å². The van der Waals surface area contributed by atoms with E-state index in [4.69, 9.17) is 17.3 Å². The van der Waals surface area contributed by atoms with Gasteiger partial charge in [0, 0.05) is 13.1 Å². The molecule has 0 spiro atoms. The zero-order chi connectivity index (χ0) is 19.4. The molecule has 9 nitrogen and oxygen atoms in total. The van der Waals surface area contributed by atoms with Crippen LogP contribution in [0.5, 0.6) is 0 Å². The molecule has 2 heterocycles. The number of fused-ring (bicyclic) bond motifs is 1. The van der Waals surface area contributed by atoms with E-state index >= 15 is 0 Å². The number of primary amides is 1. The average Bonchev–Trinajstić information content (AvgIpc) is 3.06. The third kappa shape index (κ3) is 2.78. The Morgan fingerprint density at radius 3 is 2.65 bits per heavy atom. The monoisotopic (exact) mass is 357 g/mol. The maximum absolute atomic E-state index is 12.2. The fraction of sp³-hybridized carbons (Fsp3) is 0.471. The van der Waals surface area contributed by atoms with Crippen molar-refractivity contribution in [3.05, 3.63) is 17.6 Å². The summed E-state index contributed by atoms with van der Waals surface area (Å²) < 4.78 is 1.84. The molecule has 0 aliphatic heterocycles. The number of carbonyl (C=O) groups excluding carboxylic acids is 1. The third-order valence-corrected chi connectivity index (χ3v) is 4.68. The highest BCUT2D eigenvalue weighted by molar-refractivity contribution is 6.11. The molecule has 2 aromatic rings. The lowest BCUT2D eigenvalue weighted by molar-refractivity contribution is 0.100. The van der Waals surface area contributed by atoms with Crippen molar-refractivity contribution < 1.29 is 9.90 Å². The Bertz CT molecular complexity index is 961. The molecule has 1 saturated carbocycles. The van der Waals surface area contributed by atoms with Crippen molar-refractivity contribution in [1.29, 1.82) is 0 Å². The van der Waals surface area contributed by atoms with Gasteiger partial charge >= 0.3 is 0 Å². The molecule has 1 aliphatic rings. The highest BCUT2D eigenvalue weighted by Crippen LogP contribution is 2.49. The van der Waals surface area contributed by atoms with Gasteiger partial charge in [0.15, 0.2) is 0 Å². The predicted octanol–water partition coefficient (Wildman–Crippen LogP) is -0.472. The SMILES string of the molecule is CN(N)C1CC1(C)n1c(C#CC(C)(C)O)c(C(N)=O)c2c(N)ncnc21. The van der Waals surface area contributed by atoms with Gasteiger partial charge in [-0.25, -0.2) is 15.0 Å². The molecule has 26 heavy (non-hydrogen) atoms. The second-order valence-electron chi connectivity index (χ2n) is 7.43. The number of nitrogen functional groups attached to an aromatic ring is 1. The molecule has 0 aromatic carbocycles. The van der Waals surface area contributed by atoms with Crippen LogP contribution in [-0.4, -0.2) is 49.2 Å². The van der Waals surface area contributed by atoms with E-state index in [0.29, 0.717) is 16.7 Å². The minimum atomic E-state index is -1.25. The number of nitrogens with zero attached hydrogens (tertiary/aromatic N) is 4. The Morgan fingerprint density at radius 2 is 2.15 bits per heavy atom. The molecule has 3 rings (SSSR count). The summed E-state index contributed by atoms with van der Waals surface area (Å²) >= 11 is 0. The number of rotatable bonds is 3. The van der Waals surface area contributed by atoms with Gasteiger partial charge < -0.3 is 21.1 Å². The van der Waals surface area contributed by atoms with Crippen LogP contribution in [0.2, 0.25) is 0 Å². The van der Waals surface area contributed by atoms with Gasteiger partial charge in [0.1, 0.15) is 29.1 Å². The molecule has 9 heteroatoms. The van der Waals surface area contributed by atoms with Gasteiger partial charge in [0.2, 0.25) is 0 Å². The van der Waals surface area contributed by atoms with Crippen LogP contribution in [0.25, 0.3) is 11.0 Å². The molecule has 1 aliphatic carbocycles. The van der Waals surface area contributed by atoms with Gasteiger partial charge in [0.25, 0.3) is 5.91 Å². The molecule has 2 aromatic heterocycles. The fourth-order valence-corrected chi connectivity index (χ4v) is 3.36. The summed E-state index contributed by atoms with van der Waals surface area (Å²) in [6.45, 7) is 5.11. The molecule has 2 unspecified atom stereocenters. The first-order chi connectivity index (χ1) is 12.0. The number of anilines is 1. The highest BCUT2D eigenvalue weighted by atomic mass is 16.3. The fourth-order valence-electron chi connectivity index (χ4n) is 3.36. The maximum Gasteiger partial charge on any atom is 0.252 e. The molecule has 0 radical (unpaired) electrons. The van der Waals surface area contributed by atoms with Crippen LogP contribution in [-0.2, 0) is 5.54 Å². The van der Waals surface area contributed by atoms with Crippen molar-refractivity contribution in [2.45, 2.75) is 44.4 Å². The number of carbonyl (C=O) groups is 1. The highest BCUT2D eigenvalue weighted by Gasteiger charge is 2.55. The summed E-state index contributed by atoms with van der Waals surface area (Å²) in [5.74, 6) is 11.1. The molecule has 7 N–H and O–H groups in total. The quantitative estimate of drug-likeness (QED) is 0.329. The summed E-state index contributed by atoms with van der Waals surface area (Å²) in [6.07, 6.45) is 2.07. The Balaban J connectivity index is 2.40. The first kappa shape index (κ1) is 18.1. The summed E-state index contributed by atoms with van der Waals surface area (Å²) in [7, 11) is 1.78. The number of hydrazine groups is 1. The minimum Gasteiger partial charge on any atom is -0.383 e. The topological polar surface area (TPSA) is 149 Å². The van der Waals surface area contributed by atoms with E-state index in [-0.39, 0.29) is 17.4 Å². The largest absolute Gasteiger partial charge is 0.383 e. The van der Waals surface area contributed by atoms with Gasteiger partial charge in [-0.15, -0.1) is 0 Å². The number of likely N-dealkylation sites (N-methyl/N-ethyl adjacent to an activating group) is 1. The summed E-state index contributed by atoms with van der Waals surface area (Å²) in [5, 5.41) is 12.0. The average molecular weight is 357 g/mol. The number of hydrogen-bond donors (Lipinski definition) is 4. The molecule has 0 bridgehead atoms. The van der Waals surface area contributed by atoms with Crippen LogP contribution in [0, 0.1) is 11.8 Å².